The second kappa shape index (κ2) is 6.78. The minimum atomic E-state index is -0.725. The largest absolute Gasteiger partial charge is 0.389 e. The van der Waals surface area contributed by atoms with Crippen LogP contribution in [0.3, 0.4) is 0 Å². The van der Waals surface area contributed by atoms with E-state index < -0.39 is 6.10 Å². The van der Waals surface area contributed by atoms with Crippen molar-refractivity contribution in [2.45, 2.75) is 33.1 Å². The van der Waals surface area contributed by atoms with Crippen LogP contribution >= 0.6 is 11.3 Å². The van der Waals surface area contributed by atoms with Gasteiger partial charge >= 0.3 is 0 Å². The molecule has 1 atom stereocenters. The van der Waals surface area contributed by atoms with E-state index >= 15 is 0 Å². The van der Waals surface area contributed by atoms with Gasteiger partial charge in [0.25, 0.3) is 5.56 Å². The SMILES string of the molecule is Cc1ncn(C[C@@H](O)COCc2cccs2)c(=O)c1C. The first-order valence-electron chi connectivity index (χ1n) is 6.38. The van der Waals surface area contributed by atoms with E-state index in [-0.39, 0.29) is 18.7 Å². The van der Waals surface area contributed by atoms with Crippen LogP contribution in [0.5, 0.6) is 0 Å². The summed E-state index contributed by atoms with van der Waals surface area (Å²) >= 11 is 1.61. The minimum absolute atomic E-state index is 0.116. The van der Waals surface area contributed by atoms with Crippen LogP contribution in [0, 0.1) is 13.8 Å². The molecule has 0 radical (unpaired) electrons. The van der Waals surface area contributed by atoms with Gasteiger partial charge in [0.15, 0.2) is 0 Å². The molecule has 2 aromatic rings. The molecule has 0 spiro atoms. The summed E-state index contributed by atoms with van der Waals surface area (Å²) in [7, 11) is 0. The summed E-state index contributed by atoms with van der Waals surface area (Å²) in [6, 6.07) is 3.94. The Bertz CT molecular complexity index is 607. The Labute approximate surface area is 121 Å². The predicted octanol–water partition coefficient (Wildman–Crippen LogP) is 1.50. The number of hydrogen-bond donors (Lipinski definition) is 1. The van der Waals surface area contributed by atoms with Gasteiger partial charge in [0, 0.05) is 16.1 Å². The van der Waals surface area contributed by atoms with Crippen molar-refractivity contribution in [1.82, 2.24) is 9.55 Å². The lowest BCUT2D eigenvalue weighted by Gasteiger charge is -2.13. The maximum Gasteiger partial charge on any atom is 0.256 e. The van der Waals surface area contributed by atoms with Crippen molar-refractivity contribution in [3.05, 3.63) is 50.3 Å². The molecule has 0 fully saturated rings. The van der Waals surface area contributed by atoms with Gasteiger partial charge in [-0.15, -0.1) is 11.3 Å². The molecule has 2 aromatic heterocycles. The van der Waals surface area contributed by atoms with E-state index in [0.717, 1.165) is 10.6 Å². The van der Waals surface area contributed by atoms with E-state index in [2.05, 4.69) is 4.98 Å². The number of thiophene rings is 1. The topological polar surface area (TPSA) is 64.3 Å². The third-order valence-corrected chi connectivity index (χ3v) is 3.91. The zero-order valence-corrected chi connectivity index (χ0v) is 12.4. The van der Waals surface area contributed by atoms with E-state index in [9.17, 15) is 9.90 Å². The van der Waals surface area contributed by atoms with E-state index in [4.69, 9.17) is 4.74 Å². The molecule has 0 amide bonds. The highest BCUT2D eigenvalue weighted by atomic mass is 32.1. The van der Waals surface area contributed by atoms with E-state index in [0.29, 0.717) is 12.2 Å². The molecule has 0 unspecified atom stereocenters. The van der Waals surface area contributed by atoms with Crippen molar-refractivity contribution in [3.8, 4) is 0 Å². The van der Waals surface area contributed by atoms with Crippen molar-refractivity contribution in [2.24, 2.45) is 0 Å². The lowest BCUT2D eigenvalue weighted by molar-refractivity contribution is 0.0206. The standard InChI is InChI=1S/C14H18N2O3S/c1-10-11(2)15-9-16(14(10)18)6-12(17)7-19-8-13-4-3-5-20-13/h3-5,9,12,17H,6-8H2,1-2H3/t12-/m1/s1. The average molecular weight is 294 g/mol. The Kier molecular flexibility index (Phi) is 5.05. The fourth-order valence-corrected chi connectivity index (χ4v) is 2.42. The number of aliphatic hydroxyl groups is 1. The van der Waals surface area contributed by atoms with Gasteiger partial charge < -0.3 is 9.84 Å². The number of ether oxygens (including phenoxy) is 1. The summed E-state index contributed by atoms with van der Waals surface area (Å²) < 4.78 is 6.85. The lowest BCUT2D eigenvalue weighted by atomic mass is 10.2. The lowest BCUT2D eigenvalue weighted by Crippen LogP contribution is -2.31. The van der Waals surface area contributed by atoms with E-state index in [1.54, 1.807) is 25.2 Å². The van der Waals surface area contributed by atoms with Crippen LogP contribution in [0.25, 0.3) is 0 Å². The highest BCUT2D eigenvalue weighted by Crippen LogP contribution is 2.09. The molecular weight excluding hydrogens is 276 g/mol. The molecule has 0 aliphatic carbocycles. The monoisotopic (exact) mass is 294 g/mol. The molecule has 2 heterocycles. The molecule has 2 rings (SSSR count). The maximum atomic E-state index is 12.0. The molecule has 6 heteroatoms. The Morgan fingerprint density at radius 3 is 3.00 bits per heavy atom. The molecule has 0 aromatic carbocycles. The summed E-state index contributed by atoms with van der Waals surface area (Å²) in [5.74, 6) is 0. The average Bonchev–Trinajstić information content (AvgIpc) is 2.93. The van der Waals surface area contributed by atoms with Crippen molar-refractivity contribution >= 4 is 11.3 Å². The highest BCUT2D eigenvalue weighted by Gasteiger charge is 2.09. The van der Waals surface area contributed by atoms with Gasteiger partial charge in [0.05, 0.1) is 32.2 Å². The van der Waals surface area contributed by atoms with Gasteiger partial charge in [-0.3, -0.25) is 9.36 Å². The zero-order valence-electron chi connectivity index (χ0n) is 11.6. The van der Waals surface area contributed by atoms with Crippen molar-refractivity contribution in [1.29, 1.82) is 0 Å². The third kappa shape index (κ3) is 3.75. The Morgan fingerprint density at radius 2 is 2.30 bits per heavy atom. The number of aryl methyl sites for hydroxylation is 1. The first-order chi connectivity index (χ1) is 9.58. The van der Waals surface area contributed by atoms with Crippen molar-refractivity contribution < 1.29 is 9.84 Å². The molecular formula is C14H18N2O3S. The molecule has 1 N–H and O–H groups in total. The summed E-state index contributed by atoms with van der Waals surface area (Å²) in [4.78, 5) is 17.2. The molecule has 5 nitrogen and oxygen atoms in total. The summed E-state index contributed by atoms with van der Waals surface area (Å²) in [6.45, 7) is 4.39. The molecule has 0 saturated heterocycles. The van der Waals surface area contributed by atoms with Crippen LogP contribution in [0.15, 0.2) is 28.6 Å². The summed E-state index contributed by atoms with van der Waals surface area (Å²) in [5, 5.41) is 11.9. The van der Waals surface area contributed by atoms with Gasteiger partial charge in [-0.25, -0.2) is 4.98 Å². The van der Waals surface area contributed by atoms with Gasteiger partial charge in [-0.1, -0.05) is 6.07 Å². The van der Waals surface area contributed by atoms with Gasteiger partial charge in [0.1, 0.15) is 0 Å². The van der Waals surface area contributed by atoms with Gasteiger partial charge in [0.2, 0.25) is 0 Å². The summed E-state index contributed by atoms with van der Waals surface area (Å²) in [6.07, 6.45) is 0.740. The number of hydrogen-bond acceptors (Lipinski definition) is 5. The van der Waals surface area contributed by atoms with Crippen LogP contribution in [0.4, 0.5) is 0 Å². The van der Waals surface area contributed by atoms with Crippen LogP contribution in [0.2, 0.25) is 0 Å². The van der Waals surface area contributed by atoms with Crippen molar-refractivity contribution in [3.63, 3.8) is 0 Å². The van der Waals surface area contributed by atoms with E-state index in [1.165, 1.54) is 10.9 Å². The van der Waals surface area contributed by atoms with Crippen LogP contribution in [-0.2, 0) is 17.9 Å². The first-order valence-corrected chi connectivity index (χ1v) is 7.26. The van der Waals surface area contributed by atoms with Crippen LogP contribution in [-0.4, -0.2) is 27.4 Å². The minimum Gasteiger partial charge on any atom is -0.389 e. The predicted molar refractivity (Wildman–Crippen MR) is 78.0 cm³/mol. The molecule has 108 valence electrons. The van der Waals surface area contributed by atoms with Crippen LogP contribution < -0.4 is 5.56 Å². The van der Waals surface area contributed by atoms with Crippen LogP contribution in [0.1, 0.15) is 16.1 Å². The zero-order chi connectivity index (χ0) is 14.5. The second-order valence-corrected chi connectivity index (χ2v) is 5.69. The number of rotatable bonds is 6. The second-order valence-electron chi connectivity index (χ2n) is 4.66. The number of aliphatic hydroxyl groups excluding tert-OH is 1. The van der Waals surface area contributed by atoms with Gasteiger partial charge in [-0.2, -0.15) is 0 Å². The maximum absolute atomic E-state index is 12.0. The first kappa shape index (κ1) is 14.9. The molecule has 0 aliphatic rings. The molecule has 0 aliphatic heterocycles. The quantitative estimate of drug-likeness (QED) is 0.877. The Hall–Kier alpha value is -1.50. The fraction of sp³-hybridized carbons (Fsp3) is 0.429. The fourth-order valence-electron chi connectivity index (χ4n) is 1.78. The number of nitrogens with zero attached hydrogens (tertiary/aromatic N) is 2. The third-order valence-electron chi connectivity index (χ3n) is 3.06. The highest BCUT2D eigenvalue weighted by molar-refractivity contribution is 7.09. The Morgan fingerprint density at radius 1 is 1.50 bits per heavy atom. The molecule has 0 saturated carbocycles. The normalized spacial score (nSPS) is 12.6. The van der Waals surface area contributed by atoms with Gasteiger partial charge in [-0.05, 0) is 25.3 Å². The van der Waals surface area contributed by atoms with Crippen molar-refractivity contribution in [2.75, 3.05) is 6.61 Å². The molecule has 20 heavy (non-hydrogen) atoms. The summed E-state index contributed by atoms with van der Waals surface area (Å²) in [5.41, 5.74) is 1.21. The molecule has 0 bridgehead atoms. The smallest absolute Gasteiger partial charge is 0.256 e. The number of aromatic nitrogens is 2. The van der Waals surface area contributed by atoms with E-state index in [1.807, 2.05) is 17.5 Å². The Balaban J connectivity index is 1.87.